The zero-order valence-corrected chi connectivity index (χ0v) is 18.9. The highest BCUT2D eigenvalue weighted by Crippen LogP contribution is 2.29. The summed E-state index contributed by atoms with van der Waals surface area (Å²) in [5.41, 5.74) is 2.70. The first-order valence-corrected chi connectivity index (χ1v) is 10.9. The summed E-state index contributed by atoms with van der Waals surface area (Å²) in [4.78, 5) is 25.0. The molecule has 4 rings (SSSR count). The Balaban J connectivity index is 1.50. The molecule has 2 atom stereocenters. The second-order valence-corrected chi connectivity index (χ2v) is 8.42. The van der Waals surface area contributed by atoms with Gasteiger partial charge in [0.05, 0.1) is 25.0 Å². The van der Waals surface area contributed by atoms with Gasteiger partial charge in [-0.25, -0.2) is 4.98 Å². The van der Waals surface area contributed by atoms with Crippen molar-refractivity contribution < 1.29 is 14.2 Å². The standard InChI is InChI=1S/C24H30N4O4/c1-5-10-31-21-7-6-18(11-22(21)30-4)14-27-9-8-19-20(15-27)25-24(26-23(19)29)28-12-16(2)32-17(3)13-28/h1,6-7,11,16-17H,8-10,12-15H2,2-4H3,(H,25,26,29). The fourth-order valence-corrected chi connectivity index (χ4v) is 4.42. The van der Waals surface area contributed by atoms with Gasteiger partial charge in [-0.15, -0.1) is 6.42 Å². The van der Waals surface area contributed by atoms with Crippen LogP contribution in [0.5, 0.6) is 11.5 Å². The Hall–Kier alpha value is -3.02. The number of morpholine rings is 1. The molecule has 2 aliphatic rings. The van der Waals surface area contributed by atoms with Crippen LogP contribution in [0.2, 0.25) is 0 Å². The summed E-state index contributed by atoms with van der Waals surface area (Å²) >= 11 is 0. The van der Waals surface area contributed by atoms with Crippen molar-refractivity contribution in [2.75, 3.05) is 38.3 Å². The van der Waals surface area contributed by atoms with Gasteiger partial charge >= 0.3 is 0 Å². The van der Waals surface area contributed by atoms with E-state index in [1.165, 1.54) is 0 Å². The molecule has 8 nitrogen and oxygen atoms in total. The Morgan fingerprint density at radius 3 is 2.78 bits per heavy atom. The smallest absolute Gasteiger partial charge is 0.255 e. The van der Waals surface area contributed by atoms with Crippen LogP contribution in [0.1, 0.15) is 30.7 Å². The van der Waals surface area contributed by atoms with Crippen LogP contribution in [0.3, 0.4) is 0 Å². The van der Waals surface area contributed by atoms with Crippen LogP contribution in [0, 0.1) is 12.3 Å². The predicted molar refractivity (Wildman–Crippen MR) is 122 cm³/mol. The Bertz CT molecular complexity index is 1050. The molecule has 2 aromatic rings. The highest BCUT2D eigenvalue weighted by Gasteiger charge is 2.27. The maximum atomic E-state index is 12.7. The average molecular weight is 439 g/mol. The first kappa shape index (κ1) is 22.2. The van der Waals surface area contributed by atoms with Crippen LogP contribution < -0.4 is 19.9 Å². The number of nitrogens with one attached hydrogen (secondary N) is 1. The minimum Gasteiger partial charge on any atom is -0.493 e. The highest BCUT2D eigenvalue weighted by molar-refractivity contribution is 5.43. The first-order chi connectivity index (χ1) is 15.5. The Morgan fingerprint density at radius 2 is 2.06 bits per heavy atom. The maximum absolute atomic E-state index is 12.7. The van der Waals surface area contributed by atoms with Crippen molar-refractivity contribution in [2.24, 2.45) is 0 Å². The van der Waals surface area contributed by atoms with Gasteiger partial charge < -0.3 is 19.1 Å². The number of ether oxygens (including phenoxy) is 3. The lowest BCUT2D eigenvalue weighted by molar-refractivity contribution is -0.00576. The lowest BCUT2D eigenvalue weighted by Crippen LogP contribution is -2.47. The van der Waals surface area contributed by atoms with E-state index in [9.17, 15) is 4.79 Å². The van der Waals surface area contributed by atoms with Gasteiger partial charge in [0.25, 0.3) is 5.56 Å². The lowest BCUT2D eigenvalue weighted by atomic mass is 10.1. The zero-order chi connectivity index (χ0) is 22.7. The number of aromatic amines is 1. The summed E-state index contributed by atoms with van der Waals surface area (Å²) in [7, 11) is 1.62. The van der Waals surface area contributed by atoms with E-state index in [2.05, 4.69) is 20.7 Å². The molecule has 2 aliphatic heterocycles. The molecule has 32 heavy (non-hydrogen) atoms. The molecule has 0 spiro atoms. The van der Waals surface area contributed by atoms with E-state index < -0.39 is 0 Å². The number of anilines is 1. The molecule has 3 heterocycles. The maximum Gasteiger partial charge on any atom is 0.255 e. The normalized spacial score (nSPS) is 21.0. The number of benzene rings is 1. The van der Waals surface area contributed by atoms with E-state index in [-0.39, 0.29) is 24.4 Å². The van der Waals surface area contributed by atoms with Crippen molar-refractivity contribution in [1.29, 1.82) is 0 Å². The van der Waals surface area contributed by atoms with E-state index >= 15 is 0 Å². The Kier molecular flexibility index (Phi) is 6.68. The first-order valence-electron chi connectivity index (χ1n) is 10.9. The minimum absolute atomic E-state index is 0.0341. The zero-order valence-electron chi connectivity index (χ0n) is 18.9. The number of rotatable bonds is 6. The van der Waals surface area contributed by atoms with Gasteiger partial charge in [-0.05, 0) is 38.0 Å². The van der Waals surface area contributed by atoms with Crippen LogP contribution in [-0.4, -0.2) is 60.4 Å². The van der Waals surface area contributed by atoms with Crippen LogP contribution in [0.25, 0.3) is 0 Å². The summed E-state index contributed by atoms with van der Waals surface area (Å²) in [6.45, 7) is 7.84. The number of hydrogen-bond acceptors (Lipinski definition) is 7. The van der Waals surface area contributed by atoms with Gasteiger partial charge in [-0.2, -0.15) is 0 Å². The summed E-state index contributed by atoms with van der Waals surface area (Å²) < 4.78 is 16.8. The van der Waals surface area contributed by atoms with Gasteiger partial charge in [-0.1, -0.05) is 12.0 Å². The number of methoxy groups -OCH3 is 1. The van der Waals surface area contributed by atoms with E-state index in [0.29, 0.717) is 43.5 Å². The van der Waals surface area contributed by atoms with Gasteiger partial charge in [0.15, 0.2) is 11.5 Å². The second-order valence-electron chi connectivity index (χ2n) is 8.42. The SMILES string of the molecule is C#CCOc1ccc(CN2CCc3c(nc(N4CC(C)OC(C)C4)[nH]c3=O)C2)cc1OC. The molecular weight excluding hydrogens is 408 g/mol. The summed E-state index contributed by atoms with van der Waals surface area (Å²) in [5, 5.41) is 0. The van der Waals surface area contributed by atoms with Crippen LogP contribution in [-0.2, 0) is 24.2 Å². The number of fused-ring (bicyclic) bond motifs is 1. The molecular formula is C24H30N4O4. The molecule has 0 bridgehead atoms. The fourth-order valence-electron chi connectivity index (χ4n) is 4.42. The van der Waals surface area contributed by atoms with Gasteiger partial charge in [0.1, 0.15) is 6.61 Å². The van der Waals surface area contributed by atoms with Gasteiger partial charge in [-0.3, -0.25) is 14.7 Å². The largest absolute Gasteiger partial charge is 0.493 e. The number of hydrogen-bond donors (Lipinski definition) is 1. The molecule has 1 saturated heterocycles. The lowest BCUT2D eigenvalue weighted by Gasteiger charge is -2.36. The van der Waals surface area contributed by atoms with E-state index in [1.54, 1.807) is 7.11 Å². The predicted octanol–water partition coefficient (Wildman–Crippen LogP) is 1.96. The topological polar surface area (TPSA) is 79.9 Å². The fraction of sp³-hybridized carbons (Fsp3) is 0.500. The Morgan fingerprint density at radius 1 is 1.28 bits per heavy atom. The number of H-pyrrole nitrogens is 1. The van der Waals surface area contributed by atoms with Crippen LogP contribution >= 0.6 is 0 Å². The van der Waals surface area contributed by atoms with Crippen molar-refractivity contribution in [3.8, 4) is 23.8 Å². The Labute approximate surface area is 188 Å². The third kappa shape index (κ3) is 4.90. The molecule has 0 aliphatic carbocycles. The average Bonchev–Trinajstić information content (AvgIpc) is 2.77. The monoisotopic (exact) mass is 438 g/mol. The molecule has 8 heteroatoms. The molecule has 170 valence electrons. The van der Waals surface area contributed by atoms with E-state index in [4.69, 9.17) is 25.6 Å². The molecule has 1 fully saturated rings. The van der Waals surface area contributed by atoms with Crippen molar-refractivity contribution in [3.05, 3.63) is 45.4 Å². The van der Waals surface area contributed by atoms with E-state index in [1.807, 2.05) is 32.0 Å². The van der Waals surface area contributed by atoms with Crippen LogP contribution in [0.15, 0.2) is 23.0 Å². The number of aromatic nitrogens is 2. The highest BCUT2D eigenvalue weighted by atomic mass is 16.5. The molecule has 0 amide bonds. The molecule has 2 unspecified atom stereocenters. The summed E-state index contributed by atoms with van der Waals surface area (Å²) in [5.74, 6) is 4.38. The molecule has 1 aromatic heterocycles. The van der Waals surface area contributed by atoms with Crippen molar-refractivity contribution >= 4 is 5.95 Å². The molecule has 0 saturated carbocycles. The van der Waals surface area contributed by atoms with Crippen molar-refractivity contribution in [2.45, 2.75) is 45.6 Å². The third-order valence-electron chi connectivity index (χ3n) is 5.80. The summed E-state index contributed by atoms with van der Waals surface area (Å²) in [6, 6.07) is 5.86. The second kappa shape index (κ2) is 9.63. The molecule has 1 N–H and O–H groups in total. The molecule has 0 radical (unpaired) electrons. The van der Waals surface area contributed by atoms with Crippen molar-refractivity contribution in [1.82, 2.24) is 14.9 Å². The third-order valence-corrected chi connectivity index (χ3v) is 5.80. The van der Waals surface area contributed by atoms with E-state index in [0.717, 1.165) is 29.9 Å². The van der Waals surface area contributed by atoms with Gasteiger partial charge in [0, 0.05) is 38.3 Å². The van der Waals surface area contributed by atoms with Gasteiger partial charge in [0.2, 0.25) is 5.95 Å². The van der Waals surface area contributed by atoms with Crippen molar-refractivity contribution in [3.63, 3.8) is 0 Å². The molecule has 1 aromatic carbocycles. The quantitative estimate of drug-likeness (QED) is 0.691. The number of nitrogens with zero attached hydrogens (tertiary/aromatic N) is 3. The summed E-state index contributed by atoms with van der Waals surface area (Å²) in [6.07, 6.45) is 6.15. The minimum atomic E-state index is -0.0341. The van der Waals surface area contributed by atoms with Crippen LogP contribution in [0.4, 0.5) is 5.95 Å². The number of terminal acetylenes is 1.